The number of rotatable bonds is 5. The molecule has 104 valence electrons. The highest BCUT2D eigenvalue weighted by molar-refractivity contribution is 7.13. The Morgan fingerprint density at radius 2 is 2.00 bits per heavy atom. The zero-order valence-electron chi connectivity index (χ0n) is 10.9. The topological polar surface area (TPSA) is 65.5 Å². The molecule has 0 saturated heterocycles. The average Bonchev–Trinajstić information content (AvgIpc) is 2.94. The fraction of sp³-hybridized carbons (Fsp3) is 0.214. The highest BCUT2D eigenvalue weighted by Gasteiger charge is 2.13. The lowest BCUT2D eigenvalue weighted by atomic mass is 10.2. The molecule has 0 aliphatic heterocycles. The summed E-state index contributed by atoms with van der Waals surface area (Å²) in [5.41, 5.74) is 0.926. The second kappa shape index (κ2) is 6.81. The first-order chi connectivity index (χ1) is 9.69. The number of benzene rings is 1. The van der Waals surface area contributed by atoms with Crippen LogP contribution < -0.4 is 0 Å². The van der Waals surface area contributed by atoms with Crippen molar-refractivity contribution in [1.29, 1.82) is 0 Å². The minimum Gasteiger partial charge on any atom is -0.465 e. The third kappa shape index (κ3) is 3.89. The molecule has 2 aromatic rings. The van der Waals surface area contributed by atoms with Crippen LogP contribution in [0.15, 0.2) is 36.5 Å². The summed E-state index contributed by atoms with van der Waals surface area (Å²) in [5, 5.41) is 0.531. The van der Waals surface area contributed by atoms with Gasteiger partial charge in [0.15, 0.2) is 0 Å². The van der Waals surface area contributed by atoms with Crippen LogP contribution >= 0.6 is 11.3 Å². The molecule has 0 bridgehead atoms. The standard InChI is InChI=1S/C14H13NO4S/c1-18-14(17)11-8-15-12(20-11)7-13(16)19-9-10-5-3-2-4-6-10/h2-6,8H,7,9H2,1H3. The Labute approximate surface area is 120 Å². The molecule has 0 radical (unpaired) electrons. The van der Waals surface area contributed by atoms with Gasteiger partial charge >= 0.3 is 11.9 Å². The summed E-state index contributed by atoms with van der Waals surface area (Å²) in [5.74, 6) is -0.828. The van der Waals surface area contributed by atoms with Crippen LogP contribution in [0.2, 0.25) is 0 Å². The summed E-state index contributed by atoms with van der Waals surface area (Å²) in [7, 11) is 1.30. The molecule has 5 nitrogen and oxygen atoms in total. The van der Waals surface area contributed by atoms with E-state index in [0.29, 0.717) is 9.88 Å². The van der Waals surface area contributed by atoms with E-state index in [9.17, 15) is 9.59 Å². The summed E-state index contributed by atoms with van der Waals surface area (Å²) < 4.78 is 9.71. The summed E-state index contributed by atoms with van der Waals surface area (Å²) in [4.78, 5) is 27.3. The first-order valence-corrected chi connectivity index (χ1v) is 6.73. The lowest BCUT2D eigenvalue weighted by molar-refractivity contribution is -0.144. The van der Waals surface area contributed by atoms with Gasteiger partial charge in [-0.3, -0.25) is 4.79 Å². The van der Waals surface area contributed by atoms with E-state index in [2.05, 4.69) is 9.72 Å². The smallest absolute Gasteiger partial charge is 0.349 e. The van der Waals surface area contributed by atoms with Crippen molar-refractivity contribution in [2.45, 2.75) is 13.0 Å². The van der Waals surface area contributed by atoms with E-state index in [1.807, 2.05) is 30.3 Å². The Balaban J connectivity index is 1.85. The monoisotopic (exact) mass is 291 g/mol. The lowest BCUT2D eigenvalue weighted by Gasteiger charge is -2.03. The minimum absolute atomic E-state index is 0.0501. The molecular formula is C14H13NO4S. The summed E-state index contributed by atoms with van der Waals surface area (Å²) in [6, 6.07) is 9.42. The molecule has 0 aliphatic rings. The van der Waals surface area contributed by atoms with Crippen molar-refractivity contribution in [1.82, 2.24) is 4.98 Å². The highest BCUT2D eigenvalue weighted by Crippen LogP contribution is 2.15. The van der Waals surface area contributed by atoms with Gasteiger partial charge in [0.1, 0.15) is 16.5 Å². The molecule has 0 saturated carbocycles. The molecule has 1 aromatic carbocycles. The first kappa shape index (κ1) is 14.2. The van der Waals surface area contributed by atoms with Gasteiger partial charge in [-0.1, -0.05) is 30.3 Å². The predicted molar refractivity (Wildman–Crippen MR) is 73.4 cm³/mol. The Kier molecular flexibility index (Phi) is 4.84. The van der Waals surface area contributed by atoms with Crippen molar-refractivity contribution in [3.05, 3.63) is 52.0 Å². The van der Waals surface area contributed by atoms with E-state index >= 15 is 0 Å². The van der Waals surface area contributed by atoms with Crippen molar-refractivity contribution < 1.29 is 19.1 Å². The van der Waals surface area contributed by atoms with E-state index in [1.165, 1.54) is 13.3 Å². The number of hydrogen-bond acceptors (Lipinski definition) is 6. The molecule has 6 heteroatoms. The summed E-state index contributed by atoms with van der Waals surface area (Å²) in [6.07, 6.45) is 1.45. The zero-order valence-corrected chi connectivity index (χ0v) is 11.7. The van der Waals surface area contributed by atoms with Gasteiger partial charge in [-0.05, 0) is 5.56 Å². The molecule has 1 heterocycles. The highest BCUT2D eigenvalue weighted by atomic mass is 32.1. The van der Waals surface area contributed by atoms with Gasteiger partial charge in [0.2, 0.25) is 0 Å². The third-order valence-electron chi connectivity index (χ3n) is 2.48. The minimum atomic E-state index is -0.452. The fourth-order valence-electron chi connectivity index (χ4n) is 1.50. The molecule has 0 aliphatic carbocycles. The Morgan fingerprint density at radius 1 is 1.25 bits per heavy atom. The molecule has 20 heavy (non-hydrogen) atoms. The van der Waals surface area contributed by atoms with Gasteiger partial charge in [-0.2, -0.15) is 0 Å². The van der Waals surface area contributed by atoms with Crippen molar-refractivity contribution >= 4 is 23.3 Å². The number of hydrogen-bond donors (Lipinski definition) is 0. The van der Waals surface area contributed by atoms with E-state index in [-0.39, 0.29) is 19.0 Å². The number of thiazole rings is 1. The van der Waals surface area contributed by atoms with Crippen LogP contribution in [-0.4, -0.2) is 24.0 Å². The molecule has 0 unspecified atom stereocenters. The van der Waals surface area contributed by atoms with E-state index in [1.54, 1.807) is 0 Å². The Hall–Kier alpha value is -2.21. The molecule has 0 spiro atoms. The van der Waals surface area contributed by atoms with Crippen LogP contribution in [0.4, 0.5) is 0 Å². The van der Waals surface area contributed by atoms with E-state index in [4.69, 9.17) is 4.74 Å². The maximum Gasteiger partial charge on any atom is 0.349 e. The molecule has 0 amide bonds. The second-order valence-electron chi connectivity index (χ2n) is 3.93. The average molecular weight is 291 g/mol. The number of nitrogens with zero attached hydrogens (tertiary/aromatic N) is 1. The van der Waals surface area contributed by atoms with Crippen molar-refractivity contribution in [2.24, 2.45) is 0 Å². The van der Waals surface area contributed by atoms with E-state index < -0.39 is 5.97 Å². The molecule has 0 fully saturated rings. The predicted octanol–water partition coefficient (Wildman–Crippen LogP) is 2.22. The van der Waals surface area contributed by atoms with Crippen molar-refractivity contribution in [3.63, 3.8) is 0 Å². The van der Waals surface area contributed by atoms with Gasteiger partial charge in [-0.25, -0.2) is 9.78 Å². The normalized spacial score (nSPS) is 10.1. The van der Waals surface area contributed by atoms with Crippen LogP contribution in [0.1, 0.15) is 20.2 Å². The van der Waals surface area contributed by atoms with Gasteiger partial charge < -0.3 is 9.47 Å². The SMILES string of the molecule is COC(=O)c1cnc(CC(=O)OCc2ccccc2)s1. The molecule has 0 atom stereocenters. The number of methoxy groups -OCH3 is 1. The number of ether oxygens (including phenoxy) is 2. The van der Waals surface area contributed by atoms with Gasteiger partial charge in [-0.15, -0.1) is 11.3 Å². The van der Waals surface area contributed by atoms with Crippen LogP contribution in [0.5, 0.6) is 0 Å². The zero-order chi connectivity index (χ0) is 14.4. The summed E-state index contributed by atoms with van der Waals surface area (Å²) >= 11 is 1.13. The fourth-order valence-corrected chi connectivity index (χ4v) is 2.32. The largest absolute Gasteiger partial charge is 0.465 e. The van der Waals surface area contributed by atoms with Crippen LogP contribution in [-0.2, 0) is 27.3 Å². The van der Waals surface area contributed by atoms with Crippen molar-refractivity contribution in [3.8, 4) is 0 Å². The first-order valence-electron chi connectivity index (χ1n) is 5.91. The molecular weight excluding hydrogens is 278 g/mol. The third-order valence-corrected chi connectivity index (χ3v) is 3.46. The van der Waals surface area contributed by atoms with Crippen LogP contribution in [0.25, 0.3) is 0 Å². The Bertz CT molecular complexity index is 594. The van der Waals surface area contributed by atoms with Gasteiger partial charge in [0, 0.05) is 0 Å². The van der Waals surface area contributed by atoms with Gasteiger partial charge in [0.25, 0.3) is 0 Å². The number of aromatic nitrogens is 1. The maximum absolute atomic E-state index is 11.7. The molecule has 1 aromatic heterocycles. The van der Waals surface area contributed by atoms with Gasteiger partial charge in [0.05, 0.1) is 19.7 Å². The summed E-state index contributed by atoms with van der Waals surface area (Å²) in [6.45, 7) is 0.231. The maximum atomic E-state index is 11.7. The van der Waals surface area contributed by atoms with Crippen LogP contribution in [0.3, 0.4) is 0 Å². The number of esters is 2. The van der Waals surface area contributed by atoms with Crippen molar-refractivity contribution in [2.75, 3.05) is 7.11 Å². The molecule has 0 N–H and O–H groups in total. The molecule has 2 rings (SSSR count). The quantitative estimate of drug-likeness (QED) is 0.790. The number of carbonyl (C=O) groups is 2. The second-order valence-corrected chi connectivity index (χ2v) is 5.05. The Morgan fingerprint density at radius 3 is 2.70 bits per heavy atom. The lowest BCUT2D eigenvalue weighted by Crippen LogP contribution is -2.07. The van der Waals surface area contributed by atoms with Crippen LogP contribution in [0, 0.1) is 0 Å². The van der Waals surface area contributed by atoms with E-state index in [0.717, 1.165) is 16.9 Å². The number of carbonyl (C=O) groups excluding carboxylic acids is 2.